The van der Waals surface area contributed by atoms with Crippen LogP contribution in [0.2, 0.25) is 0 Å². The van der Waals surface area contributed by atoms with E-state index >= 15 is 0 Å². The highest BCUT2D eigenvalue weighted by Crippen LogP contribution is 2.28. The molecule has 0 spiro atoms. The van der Waals surface area contributed by atoms with Crippen LogP contribution in [0, 0.1) is 0 Å². The SMILES string of the molecule is COc1ccc(Cn2ncc(O[C@@H](C)COCC(O)C(=O)N3CCN(c4ncc(C(F)(F)F)cn4)CC3)c(Br)c2=O)cc1. The van der Waals surface area contributed by atoms with Gasteiger partial charge in [-0.2, -0.15) is 18.3 Å². The number of aliphatic hydroxyl groups is 1. The van der Waals surface area contributed by atoms with Gasteiger partial charge in [0.1, 0.15) is 16.3 Å². The van der Waals surface area contributed by atoms with Gasteiger partial charge in [-0.05, 0) is 40.5 Å². The Labute approximate surface area is 253 Å². The Hall–Kier alpha value is -3.76. The van der Waals surface area contributed by atoms with E-state index in [1.807, 2.05) is 12.1 Å². The molecule has 0 bridgehead atoms. The number of methoxy groups -OCH3 is 1. The number of benzene rings is 1. The summed E-state index contributed by atoms with van der Waals surface area (Å²) in [5, 5.41) is 14.5. The Morgan fingerprint density at radius 2 is 1.72 bits per heavy atom. The largest absolute Gasteiger partial charge is 0.497 e. The van der Waals surface area contributed by atoms with Crippen molar-refractivity contribution in [3.63, 3.8) is 0 Å². The van der Waals surface area contributed by atoms with Crippen LogP contribution in [0.15, 0.2) is 52.1 Å². The second-order valence-electron chi connectivity index (χ2n) is 9.70. The predicted molar refractivity (Wildman–Crippen MR) is 151 cm³/mol. The zero-order valence-corrected chi connectivity index (χ0v) is 24.9. The number of anilines is 1. The lowest BCUT2D eigenvalue weighted by atomic mass is 10.2. The number of carbonyl (C=O) groups is 1. The van der Waals surface area contributed by atoms with Gasteiger partial charge in [0.15, 0.2) is 11.9 Å². The second-order valence-corrected chi connectivity index (χ2v) is 10.5. The number of rotatable bonds is 11. The zero-order chi connectivity index (χ0) is 31.1. The molecule has 3 heterocycles. The zero-order valence-electron chi connectivity index (χ0n) is 23.3. The molecule has 1 aliphatic heterocycles. The molecule has 16 heteroatoms. The van der Waals surface area contributed by atoms with Crippen molar-refractivity contribution in [2.75, 3.05) is 51.4 Å². The fourth-order valence-electron chi connectivity index (χ4n) is 4.18. The molecule has 3 aromatic rings. The van der Waals surface area contributed by atoms with Crippen LogP contribution in [-0.2, 0) is 22.3 Å². The van der Waals surface area contributed by atoms with Crippen molar-refractivity contribution in [3.8, 4) is 11.5 Å². The summed E-state index contributed by atoms with van der Waals surface area (Å²) in [7, 11) is 1.57. The first-order valence-electron chi connectivity index (χ1n) is 13.2. The molecular formula is C27H30BrF3N6O6. The highest BCUT2D eigenvalue weighted by Gasteiger charge is 2.32. The summed E-state index contributed by atoms with van der Waals surface area (Å²) < 4.78 is 56.1. The summed E-state index contributed by atoms with van der Waals surface area (Å²) in [5.74, 6) is 0.525. The summed E-state index contributed by atoms with van der Waals surface area (Å²) in [6.45, 7) is 2.73. The Morgan fingerprint density at radius 3 is 2.33 bits per heavy atom. The van der Waals surface area contributed by atoms with Crippen LogP contribution < -0.4 is 19.9 Å². The van der Waals surface area contributed by atoms with Crippen LogP contribution in [0.3, 0.4) is 0 Å². The van der Waals surface area contributed by atoms with E-state index < -0.39 is 29.9 Å². The highest BCUT2D eigenvalue weighted by atomic mass is 79.9. The summed E-state index contributed by atoms with van der Waals surface area (Å²) in [5.41, 5.74) is -0.460. The van der Waals surface area contributed by atoms with Crippen molar-refractivity contribution in [1.29, 1.82) is 0 Å². The molecule has 0 radical (unpaired) electrons. The van der Waals surface area contributed by atoms with E-state index in [9.17, 15) is 27.9 Å². The Kier molecular flexibility index (Phi) is 10.6. The molecule has 1 unspecified atom stereocenters. The van der Waals surface area contributed by atoms with Gasteiger partial charge in [0.25, 0.3) is 11.5 Å². The number of alkyl halides is 3. The van der Waals surface area contributed by atoms with Crippen molar-refractivity contribution in [1.82, 2.24) is 24.6 Å². The van der Waals surface area contributed by atoms with E-state index in [1.54, 1.807) is 31.1 Å². The fourth-order valence-corrected chi connectivity index (χ4v) is 4.59. The summed E-state index contributed by atoms with van der Waals surface area (Å²) in [4.78, 5) is 36.1. The molecule has 2 aromatic heterocycles. The summed E-state index contributed by atoms with van der Waals surface area (Å²) in [6.07, 6.45) is -3.62. The number of piperazine rings is 1. The van der Waals surface area contributed by atoms with Crippen LogP contribution >= 0.6 is 15.9 Å². The minimum Gasteiger partial charge on any atom is -0.497 e. The minimum absolute atomic E-state index is 0.0186. The predicted octanol–water partition coefficient (Wildman–Crippen LogP) is 2.37. The fraction of sp³-hybridized carbons (Fsp3) is 0.444. The lowest BCUT2D eigenvalue weighted by Crippen LogP contribution is -2.52. The maximum Gasteiger partial charge on any atom is 0.419 e. The first-order valence-corrected chi connectivity index (χ1v) is 14.0. The summed E-state index contributed by atoms with van der Waals surface area (Å²) in [6, 6.07) is 7.26. The monoisotopic (exact) mass is 670 g/mol. The first kappa shape index (κ1) is 32.2. The Bertz CT molecular complexity index is 1430. The van der Waals surface area contributed by atoms with Crippen molar-refractivity contribution < 1.29 is 37.3 Å². The van der Waals surface area contributed by atoms with Gasteiger partial charge in [-0.3, -0.25) is 9.59 Å². The van der Waals surface area contributed by atoms with Gasteiger partial charge in [-0.15, -0.1) is 0 Å². The van der Waals surface area contributed by atoms with Crippen LogP contribution in [0.1, 0.15) is 18.1 Å². The molecule has 4 rings (SSSR count). The Morgan fingerprint density at radius 1 is 1.07 bits per heavy atom. The molecule has 0 aliphatic carbocycles. The van der Waals surface area contributed by atoms with Crippen LogP contribution in [0.5, 0.6) is 11.5 Å². The number of aromatic nitrogens is 4. The molecule has 1 fully saturated rings. The first-order chi connectivity index (χ1) is 20.5. The van der Waals surface area contributed by atoms with E-state index in [4.69, 9.17) is 14.2 Å². The van der Waals surface area contributed by atoms with Crippen molar-refractivity contribution in [2.24, 2.45) is 0 Å². The molecular weight excluding hydrogens is 641 g/mol. The van der Waals surface area contributed by atoms with Crippen molar-refractivity contribution in [3.05, 3.63) is 68.8 Å². The number of carbonyl (C=O) groups excluding carboxylic acids is 1. The number of ether oxygens (including phenoxy) is 3. The Balaban J connectivity index is 1.20. The van der Waals surface area contributed by atoms with E-state index in [0.29, 0.717) is 5.75 Å². The van der Waals surface area contributed by atoms with Gasteiger partial charge in [0.05, 0.1) is 38.6 Å². The molecule has 1 aliphatic rings. The van der Waals surface area contributed by atoms with Gasteiger partial charge in [0, 0.05) is 38.6 Å². The standard InChI is InChI=1S/C27H30BrF3N6O6/c1-17(43-22-13-34-37(25(40)23(22)28)14-18-3-5-20(41-2)6-4-18)15-42-16-21(38)24(39)35-7-9-36(10-8-35)26-32-11-19(12-33-26)27(29,30)31/h3-6,11-13,17,21,38H,7-10,14-16H2,1-2H3/t17-,21?/m0/s1. The molecule has 1 aromatic carbocycles. The average molecular weight is 671 g/mol. The third-order valence-corrected chi connectivity index (χ3v) is 7.26. The number of amides is 1. The van der Waals surface area contributed by atoms with Gasteiger partial charge >= 0.3 is 6.18 Å². The maximum atomic E-state index is 12.8. The molecule has 12 nitrogen and oxygen atoms in total. The number of aliphatic hydroxyl groups excluding tert-OH is 1. The minimum atomic E-state index is -4.52. The number of halogens is 4. The van der Waals surface area contributed by atoms with E-state index in [0.717, 1.165) is 18.0 Å². The average Bonchev–Trinajstić information content (AvgIpc) is 3.00. The normalized spacial score (nSPS) is 15.2. The lowest BCUT2D eigenvalue weighted by molar-refractivity contribution is -0.144. The molecule has 1 amide bonds. The topological polar surface area (TPSA) is 132 Å². The quantitative estimate of drug-likeness (QED) is 0.324. The van der Waals surface area contributed by atoms with Gasteiger partial charge < -0.3 is 29.1 Å². The highest BCUT2D eigenvalue weighted by molar-refractivity contribution is 9.10. The van der Waals surface area contributed by atoms with Crippen LogP contribution in [-0.4, -0.2) is 94.4 Å². The lowest BCUT2D eigenvalue weighted by Gasteiger charge is -2.35. The van der Waals surface area contributed by atoms with Gasteiger partial charge in [0.2, 0.25) is 5.95 Å². The molecule has 43 heavy (non-hydrogen) atoms. The van der Waals surface area contributed by atoms with Crippen molar-refractivity contribution >= 4 is 27.8 Å². The molecule has 1 saturated heterocycles. The number of nitrogens with zero attached hydrogens (tertiary/aromatic N) is 6. The maximum absolute atomic E-state index is 12.8. The third-order valence-electron chi connectivity index (χ3n) is 6.53. The molecule has 1 N–H and O–H groups in total. The molecule has 0 saturated carbocycles. The van der Waals surface area contributed by atoms with Crippen LogP contribution in [0.4, 0.5) is 19.1 Å². The molecule has 2 atom stereocenters. The number of hydrogen-bond acceptors (Lipinski definition) is 10. The van der Waals surface area contributed by atoms with Crippen molar-refractivity contribution in [2.45, 2.75) is 31.9 Å². The van der Waals surface area contributed by atoms with E-state index in [2.05, 4.69) is 31.0 Å². The second kappa shape index (κ2) is 14.1. The van der Waals surface area contributed by atoms with Gasteiger partial charge in [-0.1, -0.05) is 12.1 Å². The van der Waals surface area contributed by atoms with E-state index in [-0.39, 0.29) is 67.7 Å². The van der Waals surface area contributed by atoms with Gasteiger partial charge in [-0.25, -0.2) is 14.6 Å². The third kappa shape index (κ3) is 8.42. The molecule has 232 valence electrons. The summed E-state index contributed by atoms with van der Waals surface area (Å²) >= 11 is 3.27. The smallest absolute Gasteiger partial charge is 0.419 e. The van der Waals surface area contributed by atoms with E-state index in [1.165, 1.54) is 15.8 Å². The van der Waals surface area contributed by atoms with Crippen LogP contribution in [0.25, 0.3) is 0 Å². The number of hydrogen-bond donors (Lipinski definition) is 1.